The minimum absolute atomic E-state index is 0.0219. The quantitative estimate of drug-likeness (QED) is 0.866. The summed E-state index contributed by atoms with van der Waals surface area (Å²) in [6.07, 6.45) is 5.27. The van der Waals surface area contributed by atoms with Crippen LogP contribution < -0.4 is 0 Å². The van der Waals surface area contributed by atoms with Crippen LogP contribution in [0, 0.1) is 5.92 Å². The van der Waals surface area contributed by atoms with Gasteiger partial charge in [-0.05, 0) is 24.1 Å². The number of hydrogen-bond acceptors (Lipinski definition) is 4. The molecule has 4 nitrogen and oxygen atoms in total. The first kappa shape index (κ1) is 14.2. The molecule has 0 saturated carbocycles. The van der Waals surface area contributed by atoms with Gasteiger partial charge in [-0.1, -0.05) is 13.8 Å². The highest BCUT2D eigenvalue weighted by atomic mass is 32.2. The van der Waals surface area contributed by atoms with Crippen molar-refractivity contribution >= 4 is 17.7 Å². The summed E-state index contributed by atoms with van der Waals surface area (Å²) in [5.74, 6) is 1.99. The Hall–Kier alpha value is -1.75. The fraction of sp³-hybridized carbons (Fsp3) is 0.375. The number of amides is 1. The molecular formula is C16H18N2O2S. The van der Waals surface area contributed by atoms with Gasteiger partial charge in [-0.2, -0.15) is 0 Å². The third kappa shape index (κ3) is 2.83. The summed E-state index contributed by atoms with van der Waals surface area (Å²) in [7, 11) is 0. The summed E-state index contributed by atoms with van der Waals surface area (Å²) >= 11 is 1.66. The maximum atomic E-state index is 12.2. The van der Waals surface area contributed by atoms with Crippen molar-refractivity contribution in [1.82, 2.24) is 9.88 Å². The Morgan fingerprint density at radius 1 is 1.48 bits per heavy atom. The van der Waals surface area contributed by atoms with Crippen molar-refractivity contribution in [3.63, 3.8) is 0 Å². The van der Waals surface area contributed by atoms with Gasteiger partial charge in [-0.3, -0.25) is 9.78 Å². The highest BCUT2D eigenvalue weighted by Crippen LogP contribution is 2.42. The summed E-state index contributed by atoms with van der Waals surface area (Å²) in [5.41, 5.74) is 2.06. The number of thioether (sulfide) groups is 1. The van der Waals surface area contributed by atoms with E-state index in [9.17, 15) is 4.79 Å². The lowest BCUT2D eigenvalue weighted by atomic mass is 10.1. The van der Waals surface area contributed by atoms with Gasteiger partial charge in [0.2, 0.25) is 5.91 Å². The van der Waals surface area contributed by atoms with E-state index in [1.807, 2.05) is 29.3 Å². The Bertz CT molecular complexity index is 625. The molecule has 1 unspecified atom stereocenters. The van der Waals surface area contributed by atoms with E-state index in [0.29, 0.717) is 11.7 Å². The lowest BCUT2D eigenvalue weighted by Crippen LogP contribution is -2.31. The van der Waals surface area contributed by atoms with Crippen LogP contribution >= 0.6 is 11.8 Å². The van der Waals surface area contributed by atoms with Gasteiger partial charge in [0.25, 0.3) is 0 Å². The highest BCUT2D eigenvalue weighted by Gasteiger charge is 2.34. The van der Waals surface area contributed by atoms with Gasteiger partial charge in [0.05, 0.1) is 12.0 Å². The topological polar surface area (TPSA) is 46.3 Å². The van der Waals surface area contributed by atoms with Gasteiger partial charge in [0.15, 0.2) is 0 Å². The van der Waals surface area contributed by atoms with E-state index in [4.69, 9.17) is 4.42 Å². The number of nitrogens with zero attached hydrogens (tertiary/aromatic N) is 2. The van der Waals surface area contributed by atoms with Crippen molar-refractivity contribution in [3.05, 3.63) is 42.4 Å². The van der Waals surface area contributed by atoms with Crippen molar-refractivity contribution in [2.45, 2.75) is 19.2 Å². The molecule has 1 amide bonds. The predicted molar refractivity (Wildman–Crippen MR) is 83.7 cm³/mol. The van der Waals surface area contributed by atoms with Crippen LogP contribution in [0.1, 0.15) is 24.8 Å². The van der Waals surface area contributed by atoms with Crippen LogP contribution in [0.4, 0.5) is 0 Å². The van der Waals surface area contributed by atoms with Crippen LogP contribution in [-0.4, -0.2) is 28.1 Å². The van der Waals surface area contributed by atoms with Crippen molar-refractivity contribution < 1.29 is 9.21 Å². The maximum absolute atomic E-state index is 12.2. The van der Waals surface area contributed by atoms with Crippen LogP contribution in [0.15, 0.2) is 41.3 Å². The third-order valence-corrected chi connectivity index (χ3v) is 4.67. The fourth-order valence-electron chi connectivity index (χ4n) is 2.56. The normalized spacial score (nSPS) is 18.7. The lowest BCUT2D eigenvalue weighted by Gasteiger charge is -2.26. The van der Waals surface area contributed by atoms with Gasteiger partial charge in [0.1, 0.15) is 11.1 Å². The molecule has 1 fully saturated rings. The zero-order valence-electron chi connectivity index (χ0n) is 12.2. The third-order valence-electron chi connectivity index (χ3n) is 3.43. The van der Waals surface area contributed by atoms with Gasteiger partial charge in [0, 0.05) is 30.1 Å². The van der Waals surface area contributed by atoms with Crippen molar-refractivity contribution in [2.24, 2.45) is 5.92 Å². The average Bonchev–Trinajstić information content (AvgIpc) is 3.10. The van der Waals surface area contributed by atoms with Crippen molar-refractivity contribution in [1.29, 1.82) is 0 Å². The first-order valence-electron chi connectivity index (χ1n) is 7.05. The molecule has 1 aliphatic heterocycles. The Morgan fingerprint density at radius 2 is 2.33 bits per heavy atom. The molecule has 0 aliphatic carbocycles. The number of carbonyl (C=O) groups excluding carboxylic acids is 1. The van der Waals surface area contributed by atoms with Crippen LogP contribution in [0.2, 0.25) is 0 Å². The molecule has 21 heavy (non-hydrogen) atoms. The van der Waals surface area contributed by atoms with Crippen LogP contribution in [0.3, 0.4) is 0 Å². The lowest BCUT2D eigenvalue weighted by molar-refractivity contribution is -0.128. The Morgan fingerprint density at radius 3 is 3.05 bits per heavy atom. The molecule has 0 radical (unpaired) electrons. The Labute approximate surface area is 128 Å². The molecule has 1 saturated heterocycles. The van der Waals surface area contributed by atoms with Crippen molar-refractivity contribution in [2.75, 3.05) is 12.3 Å². The number of furan rings is 1. The van der Waals surface area contributed by atoms with E-state index in [2.05, 4.69) is 18.8 Å². The second kappa shape index (κ2) is 5.93. The van der Waals surface area contributed by atoms with Gasteiger partial charge in [-0.25, -0.2) is 0 Å². The molecule has 5 heteroatoms. The van der Waals surface area contributed by atoms with E-state index in [1.54, 1.807) is 24.2 Å². The van der Waals surface area contributed by atoms with E-state index >= 15 is 0 Å². The Kier molecular flexibility index (Phi) is 4.01. The Balaban J connectivity index is 1.98. The molecule has 3 heterocycles. The molecule has 0 bridgehead atoms. The van der Waals surface area contributed by atoms with Gasteiger partial charge >= 0.3 is 0 Å². The van der Waals surface area contributed by atoms with E-state index in [-0.39, 0.29) is 11.3 Å². The number of pyridine rings is 1. The SMILES string of the molecule is CC(C)CN1C(=O)CSC1c1cnccc1-c1ccco1. The zero-order chi connectivity index (χ0) is 14.8. The molecule has 1 aliphatic rings. The summed E-state index contributed by atoms with van der Waals surface area (Å²) < 4.78 is 5.52. The summed E-state index contributed by atoms with van der Waals surface area (Å²) in [6.45, 7) is 5.02. The molecular weight excluding hydrogens is 284 g/mol. The molecule has 110 valence electrons. The minimum atomic E-state index is 0.0219. The molecule has 0 aromatic carbocycles. The molecule has 3 rings (SSSR count). The van der Waals surface area contributed by atoms with Gasteiger partial charge in [-0.15, -0.1) is 11.8 Å². The molecule has 0 spiro atoms. The summed E-state index contributed by atoms with van der Waals surface area (Å²) in [6, 6.07) is 5.76. The summed E-state index contributed by atoms with van der Waals surface area (Å²) in [4.78, 5) is 18.4. The molecule has 0 N–H and O–H groups in total. The van der Waals surface area contributed by atoms with E-state index < -0.39 is 0 Å². The smallest absolute Gasteiger partial charge is 0.233 e. The van der Waals surface area contributed by atoms with E-state index in [0.717, 1.165) is 23.4 Å². The van der Waals surface area contributed by atoms with Crippen molar-refractivity contribution in [3.8, 4) is 11.3 Å². The second-order valence-electron chi connectivity index (χ2n) is 5.54. The number of aromatic nitrogens is 1. The highest BCUT2D eigenvalue weighted by molar-refractivity contribution is 8.00. The monoisotopic (exact) mass is 302 g/mol. The zero-order valence-corrected chi connectivity index (χ0v) is 13.0. The average molecular weight is 302 g/mol. The number of rotatable bonds is 4. The molecule has 2 aromatic rings. The molecule has 2 aromatic heterocycles. The standard InChI is InChI=1S/C16H18N2O2S/c1-11(2)9-18-15(19)10-21-16(18)13-8-17-6-5-12(13)14-4-3-7-20-14/h3-8,11,16H,9-10H2,1-2H3. The van der Waals surface area contributed by atoms with Crippen LogP contribution in [0.25, 0.3) is 11.3 Å². The van der Waals surface area contributed by atoms with Crippen LogP contribution in [-0.2, 0) is 4.79 Å². The first-order valence-corrected chi connectivity index (χ1v) is 8.10. The summed E-state index contributed by atoms with van der Waals surface area (Å²) in [5, 5.41) is 0.0219. The largest absolute Gasteiger partial charge is 0.464 e. The van der Waals surface area contributed by atoms with Gasteiger partial charge < -0.3 is 9.32 Å². The second-order valence-corrected chi connectivity index (χ2v) is 6.61. The first-order chi connectivity index (χ1) is 10.2. The predicted octanol–water partition coefficient (Wildman–Crippen LogP) is 3.57. The molecule has 1 atom stereocenters. The van der Waals surface area contributed by atoms with E-state index in [1.165, 1.54) is 0 Å². The number of hydrogen-bond donors (Lipinski definition) is 0. The number of carbonyl (C=O) groups is 1. The minimum Gasteiger partial charge on any atom is -0.464 e. The van der Waals surface area contributed by atoms with Crippen LogP contribution in [0.5, 0.6) is 0 Å². The fourth-order valence-corrected chi connectivity index (χ4v) is 3.78. The maximum Gasteiger partial charge on any atom is 0.233 e.